The lowest BCUT2D eigenvalue weighted by Gasteiger charge is -2.15. The molecular weight excluding hydrogens is 749 g/mol. The number of ether oxygens (including phenoxy) is 1. The third kappa shape index (κ3) is 16.1. The molecule has 0 radical (unpaired) electrons. The van der Waals surface area contributed by atoms with Crippen LogP contribution in [0.2, 0.25) is 0 Å². The van der Waals surface area contributed by atoms with Gasteiger partial charge in [-0.1, -0.05) is 112 Å². The molecule has 1 aromatic heterocycles. The number of unbranched alkanes of at least 4 members (excludes halogenated alkanes) is 3. The lowest BCUT2D eigenvalue weighted by atomic mass is 9.92. The summed E-state index contributed by atoms with van der Waals surface area (Å²) < 4.78 is 5.65. The molecule has 3 N–H and O–H groups in total. The van der Waals surface area contributed by atoms with Crippen molar-refractivity contribution in [3.05, 3.63) is 89.5 Å². The third-order valence-corrected chi connectivity index (χ3v) is 11.6. The first-order valence-corrected chi connectivity index (χ1v) is 22.8. The van der Waals surface area contributed by atoms with Gasteiger partial charge >= 0.3 is 5.97 Å². The van der Waals surface area contributed by atoms with Crippen LogP contribution in [0.25, 0.3) is 0 Å². The van der Waals surface area contributed by atoms with Crippen molar-refractivity contribution in [1.82, 2.24) is 15.0 Å². The topological polar surface area (TPSA) is 135 Å². The zero-order chi connectivity index (χ0) is 43.1. The van der Waals surface area contributed by atoms with E-state index in [1.807, 2.05) is 48.5 Å². The molecule has 0 aliphatic carbocycles. The van der Waals surface area contributed by atoms with Gasteiger partial charge in [0.25, 0.3) is 0 Å². The summed E-state index contributed by atoms with van der Waals surface area (Å²) in [6.07, 6.45) is 16.5. The molecule has 0 bridgehead atoms. The number of ketones is 2. The fraction of sp³-hybridized carbons (Fsp3) is 0.520. The Labute approximate surface area is 359 Å². The summed E-state index contributed by atoms with van der Waals surface area (Å²) in [5.41, 5.74) is 3.95. The number of benzene rings is 3. The minimum Gasteiger partial charge on any atom is -0.462 e. The van der Waals surface area contributed by atoms with Crippen molar-refractivity contribution in [3.8, 4) is 0 Å². The highest BCUT2D eigenvalue weighted by Crippen LogP contribution is 2.25. The molecule has 10 heteroatoms. The van der Waals surface area contributed by atoms with Crippen molar-refractivity contribution in [3.63, 3.8) is 0 Å². The quantitative estimate of drug-likeness (QED) is 0.0359. The largest absolute Gasteiger partial charge is 0.462 e. The lowest BCUT2D eigenvalue weighted by molar-refractivity contribution is 0.0428. The second-order valence-corrected chi connectivity index (χ2v) is 16.2. The van der Waals surface area contributed by atoms with E-state index in [4.69, 9.17) is 4.74 Å². The second-order valence-electron chi connectivity index (χ2n) is 16.2. The van der Waals surface area contributed by atoms with E-state index < -0.39 is 0 Å². The minimum absolute atomic E-state index is 0.149. The van der Waals surface area contributed by atoms with Crippen LogP contribution in [0.4, 0.5) is 34.9 Å². The van der Waals surface area contributed by atoms with E-state index in [0.29, 0.717) is 59.6 Å². The third-order valence-electron chi connectivity index (χ3n) is 11.6. The van der Waals surface area contributed by atoms with E-state index in [2.05, 4.69) is 72.4 Å². The van der Waals surface area contributed by atoms with E-state index in [1.54, 1.807) is 24.3 Å². The van der Waals surface area contributed by atoms with Crippen molar-refractivity contribution in [2.75, 3.05) is 22.6 Å². The first kappa shape index (κ1) is 47.6. The fourth-order valence-electron chi connectivity index (χ4n) is 7.32. The van der Waals surface area contributed by atoms with Crippen LogP contribution < -0.4 is 16.0 Å². The van der Waals surface area contributed by atoms with Crippen LogP contribution in [0.5, 0.6) is 0 Å². The van der Waals surface area contributed by atoms with Gasteiger partial charge in [-0.05, 0) is 110 Å². The zero-order valence-corrected chi connectivity index (χ0v) is 37.2. The second kappa shape index (κ2) is 26.2. The number of carbonyl (C=O) groups excluding carboxylic acids is 3. The SMILES string of the molecule is CCCCC(CC)CCC(=O)c1ccc(Nc2nc(Nc3ccc(C(=O)CCC(CC)CCCC)cc3)nc(Nc3ccc(C(=O)OCC(CC)CCCC)cc3)n2)cc1. The van der Waals surface area contributed by atoms with Gasteiger partial charge in [-0.25, -0.2) is 4.79 Å². The number of aromatic nitrogens is 3. The van der Waals surface area contributed by atoms with Gasteiger partial charge in [0.05, 0.1) is 12.2 Å². The smallest absolute Gasteiger partial charge is 0.338 e. The Hall–Kier alpha value is -5.12. The molecule has 3 aromatic carbocycles. The number of nitrogens with zero attached hydrogens (tertiary/aromatic N) is 3. The van der Waals surface area contributed by atoms with E-state index in [0.717, 1.165) is 62.7 Å². The van der Waals surface area contributed by atoms with Gasteiger partial charge in [0.15, 0.2) is 11.6 Å². The summed E-state index contributed by atoms with van der Waals surface area (Å²) in [5.74, 6) is 2.31. The molecule has 0 saturated carbocycles. The predicted octanol–water partition coefficient (Wildman–Crippen LogP) is 13.8. The van der Waals surface area contributed by atoms with Gasteiger partial charge in [0.2, 0.25) is 17.8 Å². The molecule has 10 nitrogen and oxygen atoms in total. The Kier molecular flexibility index (Phi) is 20.7. The summed E-state index contributed by atoms with van der Waals surface area (Å²) in [6.45, 7) is 13.5. The number of esters is 1. The Bertz CT molecular complexity index is 1650. The molecule has 4 rings (SSSR count). The van der Waals surface area contributed by atoms with Gasteiger partial charge < -0.3 is 20.7 Å². The van der Waals surface area contributed by atoms with Gasteiger partial charge in [0.1, 0.15) is 0 Å². The Morgan fingerprint density at radius 3 is 1.13 bits per heavy atom. The van der Waals surface area contributed by atoms with Crippen LogP contribution >= 0.6 is 0 Å². The number of hydrogen-bond acceptors (Lipinski definition) is 10. The molecule has 0 saturated heterocycles. The maximum absolute atomic E-state index is 13.1. The Balaban J connectivity index is 1.49. The number of Topliss-reactive ketones (excluding diaryl/α,β-unsaturated/α-hetero) is 2. The van der Waals surface area contributed by atoms with Gasteiger partial charge in [-0.3, -0.25) is 9.59 Å². The maximum atomic E-state index is 13.1. The normalized spacial score (nSPS) is 12.6. The number of rotatable bonds is 29. The molecule has 0 amide bonds. The van der Waals surface area contributed by atoms with E-state index in [1.165, 1.54) is 38.5 Å². The zero-order valence-electron chi connectivity index (χ0n) is 37.2. The first-order valence-electron chi connectivity index (χ1n) is 22.8. The minimum atomic E-state index is -0.343. The van der Waals surface area contributed by atoms with Crippen molar-refractivity contribution in [1.29, 1.82) is 0 Å². The van der Waals surface area contributed by atoms with Crippen LogP contribution in [0, 0.1) is 17.8 Å². The summed E-state index contributed by atoms with van der Waals surface area (Å²) in [5, 5.41) is 9.80. The molecular formula is C50H70N6O4. The van der Waals surface area contributed by atoms with Gasteiger partial charge in [-0.15, -0.1) is 0 Å². The van der Waals surface area contributed by atoms with Crippen LogP contribution in [0.15, 0.2) is 72.8 Å². The van der Waals surface area contributed by atoms with E-state index in [9.17, 15) is 14.4 Å². The average molecular weight is 819 g/mol. The lowest BCUT2D eigenvalue weighted by Crippen LogP contribution is -2.14. The van der Waals surface area contributed by atoms with Crippen LogP contribution in [0.1, 0.15) is 175 Å². The highest BCUT2D eigenvalue weighted by atomic mass is 16.5. The number of carbonyl (C=O) groups is 3. The first-order chi connectivity index (χ1) is 29.2. The molecule has 0 spiro atoms. The van der Waals surface area contributed by atoms with Crippen molar-refractivity contribution in [2.45, 2.75) is 144 Å². The van der Waals surface area contributed by atoms with Crippen molar-refractivity contribution < 1.29 is 19.1 Å². The molecule has 4 aromatic rings. The van der Waals surface area contributed by atoms with Crippen molar-refractivity contribution >= 4 is 52.4 Å². The standard InChI is InChI=1S/C50H70N6O4/c1-7-13-16-36(10-4)19-33-45(57)39-21-27-42(28-22-39)51-48-54-49(52-43-29-23-40(24-30-43)46(58)34-20-37(11-5)17-14-8-2)56-50(55-48)53-44-31-25-41(26-32-44)47(59)60-35-38(12-6)18-15-9-3/h21-32,36-38H,7-20,33-35H2,1-6H3,(H3,51,52,53,54,55,56). The van der Waals surface area contributed by atoms with Gasteiger partial charge in [-0.2, -0.15) is 15.0 Å². The number of anilines is 6. The molecule has 0 fully saturated rings. The molecule has 3 atom stereocenters. The van der Waals surface area contributed by atoms with Crippen LogP contribution in [0.3, 0.4) is 0 Å². The highest BCUT2D eigenvalue weighted by Gasteiger charge is 2.16. The molecule has 324 valence electrons. The summed E-state index contributed by atoms with van der Waals surface area (Å²) >= 11 is 0. The maximum Gasteiger partial charge on any atom is 0.338 e. The predicted molar refractivity (Wildman–Crippen MR) is 246 cm³/mol. The Morgan fingerprint density at radius 1 is 0.467 bits per heavy atom. The molecule has 3 unspecified atom stereocenters. The summed E-state index contributed by atoms with van der Waals surface area (Å²) in [7, 11) is 0. The Morgan fingerprint density at radius 2 is 0.800 bits per heavy atom. The molecule has 60 heavy (non-hydrogen) atoms. The number of nitrogens with one attached hydrogen (secondary N) is 3. The molecule has 1 heterocycles. The molecule has 0 aliphatic heterocycles. The van der Waals surface area contributed by atoms with Crippen LogP contribution in [-0.4, -0.2) is 39.1 Å². The monoisotopic (exact) mass is 819 g/mol. The van der Waals surface area contributed by atoms with Crippen molar-refractivity contribution in [2.24, 2.45) is 17.8 Å². The molecule has 0 aliphatic rings. The van der Waals surface area contributed by atoms with Crippen LogP contribution in [-0.2, 0) is 4.74 Å². The summed E-state index contributed by atoms with van der Waals surface area (Å²) in [6, 6.07) is 21.8. The van der Waals surface area contributed by atoms with Gasteiger partial charge in [0, 0.05) is 41.0 Å². The van der Waals surface area contributed by atoms with E-state index in [-0.39, 0.29) is 35.4 Å². The highest BCUT2D eigenvalue weighted by molar-refractivity contribution is 5.97. The van der Waals surface area contributed by atoms with E-state index >= 15 is 0 Å². The fourth-order valence-corrected chi connectivity index (χ4v) is 7.32. The number of hydrogen-bond donors (Lipinski definition) is 3. The average Bonchev–Trinajstić information content (AvgIpc) is 3.27. The summed E-state index contributed by atoms with van der Waals surface area (Å²) in [4.78, 5) is 52.9.